The first kappa shape index (κ1) is 23.7. The SMILES string of the molecule is O=C(NCCOCCOCCOC1CCCCO1)OCC1c2ccccc2-c2ccccc21. The van der Waals surface area contributed by atoms with Gasteiger partial charge in [-0.2, -0.15) is 0 Å². The Hall–Kier alpha value is -2.45. The molecule has 7 nitrogen and oxygen atoms in total. The van der Waals surface area contributed by atoms with Crippen molar-refractivity contribution in [3.63, 3.8) is 0 Å². The van der Waals surface area contributed by atoms with Crippen LogP contribution >= 0.6 is 0 Å². The maximum absolute atomic E-state index is 12.1. The molecule has 1 fully saturated rings. The first-order valence-corrected chi connectivity index (χ1v) is 11.8. The van der Waals surface area contributed by atoms with Crippen LogP contribution in [-0.4, -0.2) is 65.2 Å². The number of amides is 1. The van der Waals surface area contributed by atoms with E-state index in [0.29, 0.717) is 46.2 Å². The van der Waals surface area contributed by atoms with Gasteiger partial charge in [0, 0.05) is 19.1 Å². The van der Waals surface area contributed by atoms with Crippen molar-refractivity contribution in [2.75, 3.05) is 52.8 Å². The summed E-state index contributed by atoms with van der Waals surface area (Å²) in [7, 11) is 0. The monoisotopic (exact) mass is 455 g/mol. The number of carbonyl (C=O) groups excluding carboxylic acids is 1. The number of carbonyl (C=O) groups is 1. The molecule has 1 heterocycles. The van der Waals surface area contributed by atoms with E-state index < -0.39 is 6.09 Å². The Labute approximate surface area is 195 Å². The topological polar surface area (TPSA) is 75.3 Å². The van der Waals surface area contributed by atoms with E-state index in [1.807, 2.05) is 24.3 Å². The molecule has 1 N–H and O–H groups in total. The normalized spacial score (nSPS) is 17.4. The van der Waals surface area contributed by atoms with Crippen LogP contribution in [0.15, 0.2) is 48.5 Å². The molecule has 178 valence electrons. The molecule has 1 saturated heterocycles. The summed E-state index contributed by atoms with van der Waals surface area (Å²) in [6, 6.07) is 16.6. The van der Waals surface area contributed by atoms with Crippen LogP contribution < -0.4 is 5.32 Å². The van der Waals surface area contributed by atoms with Crippen molar-refractivity contribution in [3.8, 4) is 11.1 Å². The van der Waals surface area contributed by atoms with Crippen LogP contribution in [0, 0.1) is 0 Å². The predicted octanol–water partition coefficient (Wildman–Crippen LogP) is 4.10. The highest BCUT2D eigenvalue weighted by Gasteiger charge is 2.28. The summed E-state index contributed by atoms with van der Waals surface area (Å²) in [4.78, 5) is 12.1. The summed E-state index contributed by atoms with van der Waals surface area (Å²) < 4.78 is 27.6. The first-order valence-electron chi connectivity index (χ1n) is 11.8. The highest BCUT2D eigenvalue weighted by Crippen LogP contribution is 2.44. The van der Waals surface area contributed by atoms with Crippen molar-refractivity contribution in [1.29, 1.82) is 0 Å². The average molecular weight is 456 g/mol. The van der Waals surface area contributed by atoms with E-state index >= 15 is 0 Å². The van der Waals surface area contributed by atoms with Gasteiger partial charge in [0.2, 0.25) is 0 Å². The Morgan fingerprint density at radius 2 is 1.55 bits per heavy atom. The standard InChI is InChI=1S/C26H33NO6/c28-26(27-12-14-29-15-16-30-17-18-32-25-11-5-6-13-31-25)33-19-24-22-9-3-1-7-20(22)21-8-2-4-10-23(21)24/h1-4,7-10,24-25H,5-6,11-19H2,(H,27,28). The second-order valence-electron chi connectivity index (χ2n) is 8.14. The molecule has 0 bridgehead atoms. The van der Waals surface area contributed by atoms with Gasteiger partial charge in [-0.1, -0.05) is 48.5 Å². The molecule has 2 aromatic rings. The molecule has 7 heteroatoms. The summed E-state index contributed by atoms with van der Waals surface area (Å²) in [6.45, 7) is 3.87. The number of nitrogens with one attached hydrogen (secondary N) is 1. The summed E-state index contributed by atoms with van der Waals surface area (Å²) in [5.74, 6) is 0.0604. The third-order valence-corrected chi connectivity index (χ3v) is 5.90. The van der Waals surface area contributed by atoms with E-state index in [2.05, 4.69) is 29.6 Å². The number of benzene rings is 2. The minimum atomic E-state index is -0.432. The summed E-state index contributed by atoms with van der Waals surface area (Å²) in [5, 5.41) is 2.74. The van der Waals surface area contributed by atoms with Crippen LogP contribution in [-0.2, 0) is 23.7 Å². The first-order chi connectivity index (χ1) is 16.3. The smallest absolute Gasteiger partial charge is 0.407 e. The van der Waals surface area contributed by atoms with Gasteiger partial charge >= 0.3 is 6.09 Å². The van der Waals surface area contributed by atoms with Gasteiger partial charge in [-0.05, 0) is 41.5 Å². The van der Waals surface area contributed by atoms with E-state index in [1.54, 1.807) is 0 Å². The Bertz CT molecular complexity index is 837. The number of rotatable bonds is 12. The van der Waals surface area contributed by atoms with E-state index in [4.69, 9.17) is 23.7 Å². The van der Waals surface area contributed by atoms with Gasteiger partial charge in [0.05, 0.1) is 33.0 Å². The molecule has 0 aromatic heterocycles. The van der Waals surface area contributed by atoms with Gasteiger partial charge in [0.25, 0.3) is 0 Å². The number of hydrogen-bond acceptors (Lipinski definition) is 6. The van der Waals surface area contributed by atoms with Crippen LogP contribution in [0.4, 0.5) is 4.79 Å². The van der Waals surface area contributed by atoms with Gasteiger partial charge < -0.3 is 29.0 Å². The quantitative estimate of drug-likeness (QED) is 0.486. The molecule has 0 saturated carbocycles. The second kappa shape index (κ2) is 12.7. The number of hydrogen-bond donors (Lipinski definition) is 1. The van der Waals surface area contributed by atoms with Crippen molar-refractivity contribution in [1.82, 2.24) is 5.32 Å². The average Bonchev–Trinajstić information content (AvgIpc) is 3.18. The second-order valence-corrected chi connectivity index (χ2v) is 8.14. The van der Waals surface area contributed by atoms with E-state index in [9.17, 15) is 4.79 Å². The maximum atomic E-state index is 12.1. The molecule has 2 aromatic carbocycles. The van der Waals surface area contributed by atoms with Crippen molar-refractivity contribution in [2.24, 2.45) is 0 Å². The van der Waals surface area contributed by atoms with Crippen LogP contribution in [0.1, 0.15) is 36.3 Å². The third kappa shape index (κ3) is 6.77. The van der Waals surface area contributed by atoms with Crippen LogP contribution in [0.2, 0.25) is 0 Å². The Balaban J connectivity index is 1.04. The predicted molar refractivity (Wildman–Crippen MR) is 124 cm³/mol. The molecule has 4 rings (SSSR count). The molecule has 0 spiro atoms. The minimum absolute atomic E-state index is 0.0604. The van der Waals surface area contributed by atoms with Crippen molar-refractivity contribution >= 4 is 6.09 Å². The lowest BCUT2D eigenvalue weighted by atomic mass is 9.98. The number of alkyl carbamates (subject to hydrolysis) is 1. The molecule has 33 heavy (non-hydrogen) atoms. The molecule has 1 amide bonds. The molecule has 0 radical (unpaired) electrons. The molecule has 1 aliphatic heterocycles. The molecule has 2 aliphatic rings. The summed E-state index contributed by atoms with van der Waals surface area (Å²) >= 11 is 0. The zero-order chi connectivity index (χ0) is 22.7. The van der Waals surface area contributed by atoms with E-state index in [0.717, 1.165) is 25.9 Å². The van der Waals surface area contributed by atoms with E-state index in [1.165, 1.54) is 22.3 Å². The third-order valence-electron chi connectivity index (χ3n) is 5.90. The fourth-order valence-corrected chi connectivity index (χ4v) is 4.28. The Morgan fingerprint density at radius 3 is 2.24 bits per heavy atom. The van der Waals surface area contributed by atoms with Gasteiger partial charge in [-0.3, -0.25) is 0 Å². The van der Waals surface area contributed by atoms with Crippen molar-refractivity contribution < 1.29 is 28.5 Å². The Morgan fingerprint density at radius 1 is 0.879 bits per heavy atom. The fourth-order valence-electron chi connectivity index (χ4n) is 4.28. The molecular weight excluding hydrogens is 422 g/mol. The highest BCUT2D eigenvalue weighted by atomic mass is 16.7. The van der Waals surface area contributed by atoms with Crippen LogP contribution in [0.25, 0.3) is 11.1 Å². The molecule has 1 unspecified atom stereocenters. The number of fused-ring (bicyclic) bond motifs is 3. The molecule has 1 aliphatic carbocycles. The fraction of sp³-hybridized carbons (Fsp3) is 0.500. The lowest BCUT2D eigenvalue weighted by molar-refractivity contribution is -0.169. The zero-order valence-electron chi connectivity index (χ0n) is 19.0. The van der Waals surface area contributed by atoms with Crippen molar-refractivity contribution in [3.05, 3.63) is 59.7 Å². The maximum Gasteiger partial charge on any atom is 0.407 e. The van der Waals surface area contributed by atoms with Gasteiger partial charge in [0.1, 0.15) is 6.61 Å². The van der Waals surface area contributed by atoms with Gasteiger partial charge in [-0.15, -0.1) is 0 Å². The molecule has 1 atom stereocenters. The highest BCUT2D eigenvalue weighted by molar-refractivity contribution is 5.79. The lowest BCUT2D eigenvalue weighted by Gasteiger charge is -2.22. The summed E-state index contributed by atoms with van der Waals surface area (Å²) in [6.07, 6.45) is 2.72. The van der Waals surface area contributed by atoms with Crippen molar-refractivity contribution in [2.45, 2.75) is 31.5 Å². The van der Waals surface area contributed by atoms with Crippen LogP contribution in [0.3, 0.4) is 0 Å². The lowest BCUT2D eigenvalue weighted by Crippen LogP contribution is -2.29. The molecular formula is C26H33NO6. The van der Waals surface area contributed by atoms with Gasteiger partial charge in [-0.25, -0.2) is 4.79 Å². The van der Waals surface area contributed by atoms with Gasteiger partial charge in [0.15, 0.2) is 6.29 Å². The zero-order valence-corrected chi connectivity index (χ0v) is 19.0. The minimum Gasteiger partial charge on any atom is -0.449 e. The van der Waals surface area contributed by atoms with Crippen LogP contribution in [0.5, 0.6) is 0 Å². The van der Waals surface area contributed by atoms with E-state index in [-0.39, 0.29) is 12.2 Å². The Kier molecular flexibility index (Phi) is 9.12. The largest absolute Gasteiger partial charge is 0.449 e. The summed E-state index contributed by atoms with van der Waals surface area (Å²) in [5.41, 5.74) is 4.83. The number of ether oxygens (including phenoxy) is 5.